The van der Waals surface area contributed by atoms with Crippen LogP contribution in [0.3, 0.4) is 0 Å². The molecule has 2 aromatic rings. The highest BCUT2D eigenvalue weighted by atomic mass is 35.5. The van der Waals surface area contributed by atoms with Gasteiger partial charge in [0, 0.05) is 22.7 Å². The molecular formula is C20H16Cl2F3NO3. The van der Waals surface area contributed by atoms with Crippen LogP contribution in [0.5, 0.6) is 0 Å². The van der Waals surface area contributed by atoms with Crippen LogP contribution in [0.4, 0.5) is 13.2 Å². The lowest BCUT2D eigenvalue weighted by Crippen LogP contribution is -2.30. The molecule has 0 atom stereocenters. The highest BCUT2D eigenvalue weighted by Crippen LogP contribution is 2.29. The lowest BCUT2D eigenvalue weighted by Gasteiger charge is -2.07. The summed E-state index contributed by atoms with van der Waals surface area (Å²) < 4.78 is 42.7. The van der Waals surface area contributed by atoms with Gasteiger partial charge in [0.25, 0.3) is 5.91 Å². The van der Waals surface area contributed by atoms with Crippen molar-refractivity contribution in [2.75, 3.05) is 13.2 Å². The molecule has 0 saturated carbocycles. The van der Waals surface area contributed by atoms with Crippen molar-refractivity contribution in [3.8, 4) is 0 Å². The molecule has 0 radical (unpaired) electrons. The van der Waals surface area contributed by atoms with Crippen molar-refractivity contribution < 1.29 is 27.5 Å². The first-order valence-electron chi connectivity index (χ1n) is 8.38. The lowest BCUT2D eigenvalue weighted by molar-refractivity contribution is -0.143. The maximum atomic E-state index is 12.7. The van der Waals surface area contributed by atoms with Gasteiger partial charge in [-0.05, 0) is 47.9 Å². The molecule has 2 rings (SSSR count). The van der Waals surface area contributed by atoms with Gasteiger partial charge in [-0.3, -0.25) is 4.79 Å². The fourth-order valence-corrected chi connectivity index (χ4v) is 2.78. The van der Waals surface area contributed by atoms with Crippen LogP contribution >= 0.6 is 23.2 Å². The Bertz CT molecular complexity index is 914. The van der Waals surface area contributed by atoms with Gasteiger partial charge >= 0.3 is 12.1 Å². The molecule has 4 nitrogen and oxygen atoms in total. The third-order valence-corrected chi connectivity index (χ3v) is 4.29. The number of nitrogens with one attached hydrogen (secondary N) is 1. The first kappa shape index (κ1) is 22.8. The average Bonchev–Trinajstić information content (AvgIpc) is 2.66. The van der Waals surface area contributed by atoms with Crippen LogP contribution < -0.4 is 5.32 Å². The Kier molecular flexibility index (Phi) is 8.10. The Balaban J connectivity index is 1.75. The number of ether oxygens (including phenoxy) is 1. The topological polar surface area (TPSA) is 55.4 Å². The van der Waals surface area contributed by atoms with Crippen molar-refractivity contribution in [3.63, 3.8) is 0 Å². The summed E-state index contributed by atoms with van der Waals surface area (Å²) in [5.41, 5.74) is 0.159. The fourth-order valence-electron chi connectivity index (χ4n) is 2.28. The van der Waals surface area contributed by atoms with Crippen LogP contribution in [-0.4, -0.2) is 25.0 Å². The summed E-state index contributed by atoms with van der Waals surface area (Å²) in [5, 5.41) is 3.56. The molecule has 0 aliphatic carbocycles. The molecule has 0 unspecified atom stereocenters. The normalized spacial score (nSPS) is 11.5. The van der Waals surface area contributed by atoms with Gasteiger partial charge in [0.2, 0.25) is 0 Å². The Hall–Kier alpha value is -2.51. The Morgan fingerprint density at radius 2 is 1.86 bits per heavy atom. The van der Waals surface area contributed by atoms with E-state index >= 15 is 0 Å². The second-order valence-electron chi connectivity index (χ2n) is 5.90. The van der Waals surface area contributed by atoms with E-state index in [4.69, 9.17) is 27.9 Å². The van der Waals surface area contributed by atoms with E-state index in [1.54, 1.807) is 18.2 Å². The molecule has 0 bridgehead atoms. The number of hydrogen-bond acceptors (Lipinski definition) is 3. The predicted molar refractivity (Wildman–Crippen MR) is 105 cm³/mol. The number of benzene rings is 2. The second kappa shape index (κ2) is 10.3. The number of hydrogen-bond donors (Lipinski definition) is 1. The third-order valence-electron chi connectivity index (χ3n) is 3.70. The van der Waals surface area contributed by atoms with Gasteiger partial charge in [-0.1, -0.05) is 41.4 Å². The van der Waals surface area contributed by atoms with Crippen molar-refractivity contribution in [1.82, 2.24) is 5.32 Å². The summed E-state index contributed by atoms with van der Waals surface area (Å²) in [5.74, 6) is -1.37. The van der Waals surface area contributed by atoms with Crippen LogP contribution in [0.2, 0.25) is 10.0 Å². The van der Waals surface area contributed by atoms with E-state index in [-0.39, 0.29) is 12.1 Å². The molecule has 154 valence electrons. The zero-order chi connectivity index (χ0) is 21.4. The van der Waals surface area contributed by atoms with Crippen LogP contribution in [0.25, 0.3) is 6.08 Å². The molecule has 0 aliphatic rings. The van der Waals surface area contributed by atoms with E-state index in [9.17, 15) is 22.8 Å². The molecule has 0 aromatic heterocycles. The number of carbonyl (C=O) groups excluding carboxylic acids is 2. The Labute approximate surface area is 175 Å². The Morgan fingerprint density at radius 1 is 1.10 bits per heavy atom. The number of amides is 1. The maximum Gasteiger partial charge on any atom is 0.416 e. The van der Waals surface area contributed by atoms with Gasteiger partial charge in [-0.25, -0.2) is 4.79 Å². The van der Waals surface area contributed by atoms with Crippen molar-refractivity contribution in [2.45, 2.75) is 12.6 Å². The van der Waals surface area contributed by atoms with Gasteiger partial charge in [0.15, 0.2) is 6.61 Å². The fraction of sp³-hybridized carbons (Fsp3) is 0.200. The molecule has 0 aliphatic heterocycles. The molecular weight excluding hydrogens is 430 g/mol. The molecule has 29 heavy (non-hydrogen) atoms. The summed E-state index contributed by atoms with van der Waals surface area (Å²) in [6.07, 6.45) is -1.88. The van der Waals surface area contributed by atoms with E-state index in [0.717, 1.165) is 23.8 Å². The number of carbonyl (C=O) groups is 2. The van der Waals surface area contributed by atoms with E-state index in [0.29, 0.717) is 16.5 Å². The Morgan fingerprint density at radius 3 is 2.55 bits per heavy atom. The standard InChI is InChI=1S/C20H16Cl2F3NO3/c21-16-6-5-14(17(22)11-16)8-9-26-18(27)12-29-19(28)7-4-13-2-1-3-15(10-13)20(23,24)25/h1-7,10-11H,8-9,12H2,(H,26,27)/b7-4+. The lowest BCUT2D eigenvalue weighted by atomic mass is 10.1. The SMILES string of the molecule is O=C(COC(=O)/C=C/c1cccc(C(F)(F)F)c1)NCCc1ccc(Cl)cc1Cl. The molecule has 1 N–H and O–H groups in total. The molecule has 0 spiro atoms. The second-order valence-corrected chi connectivity index (χ2v) is 6.74. The molecule has 9 heteroatoms. The molecule has 0 heterocycles. The average molecular weight is 446 g/mol. The van der Waals surface area contributed by atoms with Gasteiger partial charge < -0.3 is 10.1 Å². The highest BCUT2D eigenvalue weighted by Gasteiger charge is 2.30. The summed E-state index contributed by atoms with van der Waals surface area (Å²) in [4.78, 5) is 23.3. The van der Waals surface area contributed by atoms with E-state index in [2.05, 4.69) is 5.32 Å². The van der Waals surface area contributed by atoms with E-state index in [1.165, 1.54) is 18.2 Å². The number of esters is 1. The van der Waals surface area contributed by atoms with Crippen LogP contribution in [0.15, 0.2) is 48.5 Å². The molecule has 0 saturated heterocycles. The van der Waals surface area contributed by atoms with Gasteiger partial charge in [0.05, 0.1) is 5.56 Å². The quantitative estimate of drug-likeness (QED) is 0.485. The van der Waals surface area contributed by atoms with Gasteiger partial charge in [-0.15, -0.1) is 0 Å². The van der Waals surface area contributed by atoms with Crippen LogP contribution in [0.1, 0.15) is 16.7 Å². The van der Waals surface area contributed by atoms with Crippen molar-refractivity contribution in [2.24, 2.45) is 0 Å². The van der Waals surface area contributed by atoms with Gasteiger partial charge in [0.1, 0.15) is 0 Å². The zero-order valence-electron chi connectivity index (χ0n) is 14.9. The smallest absolute Gasteiger partial charge is 0.416 e. The number of rotatable bonds is 7. The van der Waals surface area contributed by atoms with E-state index in [1.807, 2.05) is 0 Å². The monoisotopic (exact) mass is 445 g/mol. The summed E-state index contributed by atoms with van der Waals surface area (Å²) >= 11 is 11.8. The third kappa shape index (κ3) is 7.79. The minimum Gasteiger partial charge on any atom is -0.452 e. The zero-order valence-corrected chi connectivity index (χ0v) is 16.4. The predicted octanol–water partition coefficient (Wildman–Crippen LogP) is 4.93. The minimum atomic E-state index is -4.47. The minimum absolute atomic E-state index is 0.182. The summed E-state index contributed by atoms with van der Waals surface area (Å²) in [7, 11) is 0. The number of alkyl halides is 3. The van der Waals surface area contributed by atoms with Gasteiger partial charge in [-0.2, -0.15) is 13.2 Å². The molecule has 1 amide bonds. The first-order chi connectivity index (χ1) is 13.6. The highest BCUT2D eigenvalue weighted by molar-refractivity contribution is 6.35. The number of halogens is 5. The molecule has 0 fully saturated rings. The van der Waals surface area contributed by atoms with Crippen LogP contribution in [0, 0.1) is 0 Å². The summed E-state index contributed by atoms with van der Waals surface area (Å²) in [6.45, 7) is -0.238. The van der Waals surface area contributed by atoms with Crippen molar-refractivity contribution >= 4 is 41.2 Å². The maximum absolute atomic E-state index is 12.7. The van der Waals surface area contributed by atoms with Crippen molar-refractivity contribution in [1.29, 1.82) is 0 Å². The largest absolute Gasteiger partial charge is 0.452 e. The first-order valence-corrected chi connectivity index (χ1v) is 9.13. The van der Waals surface area contributed by atoms with Crippen LogP contribution in [-0.2, 0) is 26.9 Å². The van der Waals surface area contributed by atoms with Crippen molar-refractivity contribution in [3.05, 3.63) is 75.3 Å². The van der Waals surface area contributed by atoms with E-state index < -0.39 is 30.2 Å². The summed E-state index contributed by atoms with van der Waals surface area (Å²) in [6, 6.07) is 9.49. The molecule has 2 aromatic carbocycles.